The molecule has 0 aliphatic carbocycles. The van der Waals surface area contributed by atoms with Gasteiger partial charge in [0.05, 0.1) is 0 Å². The van der Waals surface area contributed by atoms with Crippen molar-refractivity contribution in [2.45, 2.75) is 23.2 Å². The van der Waals surface area contributed by atoms with Crippen LogP contribution in [0.15, 0.2) is 0 Å². The first-order valence-electron chi connectivity index (χ1n) is 4.65. The fourth-order valence-corrected chi connectivity index (χ4v) is 9.87. The number of nitrogens with zero attached hydrogens (tertiary/aromatic N) is 1. The van der Waals surface area contributed by atoms with E-state index in [4.69, 9.17) is 0 Å². The molecule has 0 bridgehead atoms. The molecule has 2 saturated heterocycles. The van der Waals surface area contributed by atoms with Gasteiger partial charge in [0.1, 0.15) is 0 Å². The quantitative estimate of drug-likeness (QED) is 0.479. The first-order valence-corrected chi connectivity index (χ1v) is 8.95. The van der Waals surface area contributed by atoms with Crippen LogP contribution in [-0.4, -0.2) is 37.8 Å². The molecule has 66 valence electrons. The van der Waals surface area contributed by atoms with E-state index in [1.807, 2.05) is 0 Å². The minimum atomic E-state index is -0.381. The SMILES string of the molecule is CN1CCI2CCCCC2C1. The Kier molecular flexibility index (Phi) is 2.72. The molecule has 2 heteroatoms. The first-order chi connectivity index (χ1) is 5.36. The number of halogens is 1. The van der Waals surface area contributed by atoms with Crippen LogP contribution >= 0.6 is 19.8 Å². The Morgan fingerprint density at radius 3 is 3.09 bits per heavy atom. The molecule has 0 spiro atoms. The third kappa shape index (κ3) is 1.89. The summed E-state index contributed by atoms with van der Waals surface area (Å²) < 4.78 is 4.53. The summed E-state index contributed by atoms with van der Waals surface area (Å²) in [6.45, 7) is 2.87. The Labute approximate surface area is 76.9 Å². The summed E-state index contributed by atoms with van der Waals surface area (Å²) in [6.07, 6.45) is 4.69. The van der Waals surface area contributed by atoms with E-state index in [1.54, 1.807) is 21.7 Å². The van der Waals surface area contributed by atoms with Crippen LogP contribution < -0.4 is 0 Å². The Hall–Kier alpha value is 0.690. The standard InChI is InChI=1S/C9H18IN/c1-11-7-6-10-5-3-2-4-9(10)8-11/h9H,2-8H2,1H3. The van der Waals surface area contributed by atoms with Gasteiger partial charge in [0.15, 0.2) is 0 Å². The average Bonchev–Trinajstić information content (AvgIpc) is 2.04. The molecule has 0 N–H and O–H groups in total. The number of alkyl halides is 3. The van der Waals surface area contributed by atoms with Crippen molar-refractivity contribution in [3.8, 4) is 0 Å². The van der Waals surface area contributed by atoms with Crippen LogP contribution in [0.1, 0.15) is 19.3 Å². The normalized spacial score (nSPS) is 36.8. The van der Waals surface area contributed by atoms with Gasteiger partial charge in [0.2, 0.25) is 0 Å². The molecule has 0 saturated carbocycles. The second-order valence-electron chi connectivity index (χ2n) is 3.73. The van der Waals surface area contributed by atoms with Crippen molar-refractivity contribution in [3.63, 3.8) is 0 Å². The van der Waals surface area contributed by atoms with Gasteiger partial charge in [0, 0.05) is 0 Å². The zero-order chi connectivity index (χ0) is 7.68. The molecule has 0 radical (unpaired) electrons. The third-order valence-corrected chi connectivity index (χ3v) is 10.3. The van der Waals surface area contributed by atoms with Crippen molar-refractivity contribution in [1.29, 1.82) is 0 Å². The first kappa shape index (κ1) is 8.30. The van der Waals surface area contributed by atoms with Gasteiger partial charge in [-0.2, -0.15) is 0 Å². The summed E-state index contributed by atoms with van der Waals surface area (Å²) in [4.78, 5) is 2.55. The fourth-order valence-electron chi connectivity index (χ4n) is 2.06. The zero-order valence-electron chi connectivity index (χ0n) is 7.35. The Balaban J connectivity index is 1.93. The molecule has 1 atom stereocenters. The monoisotopic (exact) mass is 267 g/mol. The third-order valence-electron chi connectivity index (χ3n) is 2.80. The van der Waals surface area contributed by atoms with Crippen molar-refractivity contribution in [3.05, 3.63) is 0 Å². The Morgan fingerprint density at radius 1 is 1.27 bits per heavy atom. The summed E-state index contributed by atoms with van der Waals surface area (Å²) in [5.41, 5.74) is 0. The molecule has 2 fully saturated rings. The molecule has 0 amide bonds. The second-order valence-corrected chi connectivity index (χ2v) is 10.5. The maximum absolute atomic E-state index is 2.55. The fraction of sp³-hybridized carbons (Fsp3) is 1.00. The molecule has 1 nitrogen and oxygen atoms in total. The molecular formula is C9H18IN. The van der Waals surface area contributed by atoms with Gasteiger partial charge < -0.3 is 0 Å². The number of hydrogen-bond donors (Lipinski definition) is 0. The summed E-state index contributed by atoms with van der Waals surface area (Å²) in [6, 6.07) is 0. The molecular weight excluding hydrogens is 249 g/mol. The molecule has 2 rings (SSSR count). The van der Waals surface area contributed by atoms with Gasteiger partial charge in [-0.1, -0.05) is 0 Å². The van der Waals surface area contributed by atoms with E-state index in [2.05, 4.69) is 11.9 Å². The zero-order valence-corrected chi connectivity index (χ0v) is 9.51. The van der Waals surface area contributed by atoms with Gasteiger partial charge >= 0.3 is 76.9 Å². The predicted molar refractivity (Wildman–Crippen MR) is 58.9 cm³/mol. The molecule has 11 heavy (non-hydrogen) atoms. The van der Waals surface area contributed by atoms with Crippen LogP contribution in [-0.2, 0) is 0 Å². The molecule has 2 heterocycles. The van der Waals surface area contributed by atoms with Gasteiger partial charge in [-0.05, 0) is 0 Å². The van der Waals surface area contributed by atoms with E-state index in [-0.39, 0.29) is 19.8 Å². The average molecular weight is 267 g/mol. The van der Waals surface area contributed by atoms with Gasteiger partial charge in [0.25, 0.3) is 0 Å². The van der Waals surface area contributed by atoms with Crippen LogP contribution in [0.25, 0.3) is 0 Å². The van der Waals surface area contributed by atoms with Gasteiger partial charge in [-0.15, -0.1) is 0 Å². The van der Waals surface area contributed by atoms with E-state index in [9.17, 15) is 0 Å². The molecule has 2 aliphatic heterocycles. The minimum absolute atomic E-state index is 0.381. The number of rotatable bonds is 0. The Morgan fingerprint density at radius 2 is 2.18 bits per heavy atom. The second kappa shape index (κ2) is 3.60. The maximum atomic E-state index is 2.55. The van der Waals surface area contributed by atoms with E-state index < -0.39 is 0 Å². The molecule has 0 aromatic heterocycles. The van der Waals surface area contributed by atoms with E-state index in [0.717, 1.165) is 0 Å². The van der Waals surface area contributed by atoms with Crippen molar-refractivity contribution in [1.82, 2.24) is 4.90 Å². The Bertz CT molecular complexity index is 138. The van der Waals surface area contributed by atoms with Crippen LogP contribution in [0.3, 0.4) is 0 Å². The van der Waals surface area contributed by atoms with Crippen LogP contribution in [0, 0.1) is 0 Å². The molecule has 1 unspecified atom stereocenters. The predicted octanol–water partition coefficient (Wildman–Crippen LogP) is 1.99. The van der Waals surface area contributed by atoms with Crippen LogP contribution in [0.4, 0.5) is 0 Å². The van der Waals surface area contributed by atoms with E-state index in [1.165, 1.54) is 23.4 Å². The van der Waals surface area contributed by atoms with Crippen LogP contribution in [0.2, 0.25) is 0 Å². The topological polar surface area (TPSA) is 3.24 Å². The van der Waals surface area contributed by atoms with Crippen LogP contribution in [0.5, 0.6) is 0 Å². The number of fused-ring (bicyclic) bond motifs is 1. The van der Waals surface area contributed by atoms with E-state index >= 15 is 0 Å². The van der Waals surface area contributed by atoms with Crippen molar-refractivity contribution in [2.24, 2.45) is 0 Å². The van der Waals surface area contributed by atoms with Crippen molar-refractivity contribution in [2.75, 3.05) is 29.0 Å². The van der Waals surface area contributed by atoms with Crippen molar-refractivity contribution >= 4 is 19.8 Å². The summed E-state index contributed by atoms with van der Waals surface area (Å²) in [7, 11) is 2.29. The molecule has 0 aromatic carbocycles. The summed E-state index contributed by atoms with van der Waals surface area (Å²) >= 11 is -0.381. The van der Waals surface area contributed by atoms with Gasteiger partial charge in [-0.3, -0.25) is 0 Å². The summed E-state index contributed by atoms with van der Waals surface area (Å²) in [5.74, 6) is 0. The summed E-state index contributed by atoms with van der Waals surface area (Å²) in [5, 5.41) is 0. The number of hydrogen-bond acceptors (Lipinski definition) is 1. The van der Waals surface area contributed by atoms with Crippen molar-refractivity contribution < 1.29 is 0 Å². The molecule has 0 aromatic rings. The molecule has 2 aliphatic rings. The van der Waals surface area contributed by atoms with Gasteiger partial charge in [-0.25, -0.2) is 0 Å². The van der Waals surface area contributed by atoms with E-state index in [0.29, 0.717) is 0 Å².